The van der Waals surface area contributed by atoms with Crippen molar-refractivity contribution in [1.82, 2.24) is 4.98 Å². The Balaban J connectivity index is 2.59. The average Bonchev–Trinajstić information content (AvgIpc) is 2.78. The van der Waals surface area contributed by atoms with Crippen LogP contribution in [0, 0.1) is 11.3 Å². The lowest BCUT2D eigenvalue weighted by atomic mass is 10.1. The van der Waals surface area contributed by atoms with Crippen LogP contribution in [-0.4, -0.2) is 4.98 Å². The maximum atomic E-state index is 11.7. The van der Waals surface area contributed by atoms with Crippen molar-refractivity contribution in [2.45, 2.75) is 0 Å². The van der Waals surface area contributed by atoms with Gasteiger partial charge in [0.25, 0.3) is 5.56 Å². The summed E-state index contributed by atoms with van der Waals surface area (Å²) in [6, 6.07) is 7.40. The van der Waals surface area contributed by atoms with E-state index in [-0.39, 0.29) is 5.56 Å². The molecule has 0 bridgehead atoms. The molecule has 0 radical (unpaired) electrons. The third-order valence-corrected chi connectivity index (χ3v) is 3.34. The number of nitrogens with one attached hydrogen (secondary N) is 1. The molecule has 3 aromatic rings. The fraction of sp³-hybridized carbons (Fsp3) is 0. The standard InChI is InChI=1S/C12H6N2OS/c13-4-7-1-2-8-9-5-16-6-10(9)12(15)14-11(8)3-7/h1-3,5-6H,(H,14,15). The van der Waals surface area contributed by atoms with E-state index in [2.05, 4.69) is 11.1 Å². The molecule has 0 atom stereocenters. The van der Waals surface area contributed by atoms with Gasteiger partial charge in [-0.15, -0.1) is 0 Å². The summed E-state index contributed by atoms with van der Waals surface area (Å²) < 4.78 is 0. The maximum Gasteiger partial charge on any atom is 0.257 e. The van der Waals surface area contributed by atoms with Crippen molar-refractivity contribution in [2.75, 3.05) is 0 Å². The quantitative estimate of drug-likeness (QED) is 0.640. The number of fused-ring (bicyclic) bond motifs is 3. The summed E-state index contributed by atoms with van der Waals surface area (Å²) >= 11 is 1.51. The van der Waals surface area contributed by atoms with Crippen LogP contribution in [0.15, 0.2) is 33.8 Å². The molecule has 16 heavy (non-hydrogen) atoms. The Hall–Kier alpha value is -2.12. The van der Waals surface area contributed by atoms with E-state index in [1.54, 1.807) is 12.1 Å². The first kappa shape index (κ1) is 9.13. The van der Waals surface area contributed by atoms with Crippen molar-refractivity contribution in [3.05, 3.63) is 44.9 Å². The van der Waals surface area contributed by atoms with Gasteiger partial charge in [-0.2, -0.15) is 16.6 Å². The van der Waals surface area contributed by atoms with Gasteiger partial charge < -0.3 is 4.98 Å². The van der Waals surface area contributed by atoms with E-state index >= 15 is 0 Å². The summed E-state index contributed by atoms with van der Waals surface area (Å²) in [7, 11) is 0. The first-order chi connectivity index (χ1) is 7.79. The summed E-state index contributed by atoms with van der Waals surface area (Å²) in [5, 5.41) is 15.2. The molecule has 2 heterocycles. The summed E-state index contributed by atoms with van der Waals surface area (Å²) in [6.45, 7) is 0. The minimum Gasteiger partial charge on any atom is -0.321 e. The van der Waals surface area contributed by atoms with Crippen molar-refractivity contribution >= 4 is 33.0 Å². The van der Waals surface area contributed by atoms with Gasteiger partial charge in [0.1, 0.15) is 0 Å². The van der Waals surface area contributed by atoms with E-state index < -0.39 is 0 Å². The van der Waals surface area contributed by atoms with Gasteiger partial charge in [-0.05, 0) is 17.5 Å². The van der Waals surface area contributed by atoms with Crippen LogP contribution in [0.2, 0.25) is 0 Å². The van der Waals surface area contributed by atoms with E-state index in [9.17, 15) is 4.79 Å². The number of H-pyrrole nitrogens is 1. The predicted octanol–water partition coefficient (Wildman–Crippen LogP) is 2.61. The van der Waals surface area contributed by atoms with Crippen LogP contribution in [0.3, 0.4) is 0 Å². The number of nitrogens with zero attached hydrogens (tertiary/aromatic N) is 1. The van der Waals surface area contributed by atoms with Gasteiger partial charge in [0.05, 0.1) is 22.5 Å². The van der Waals surface area contributed by atoms with Crippen LogP contribution >= 0.6 is 11.3 Å². The van der Waals surface area contributed by atoms with Crippen LogP contribution < -0.4 is 5.56 Å². The molecule has 0 saturated carbocycles. The second-order valence-corrected chi connectivity index (χ2v) is 4.27. The molecule has 1 N–H and O–H groups in total. The van der Waals surface area contributed by atoms with Crippen molar-refractivity contribution in [3.8, 4) is 6.07 Å². The largest absolute Gasteiger partial charge is 0.321 e. The Kier molecular flexibility index (Phi) is 1.82. The van der Waals surface area contributed by atoms with Gasteiger partial charge in [-0.3, -0.25) is 4.79 Å². The Bertz CT molecular complexity index is 792. The molecule has 76 valence electrons. The van der Waals surface area contributed by atoms with Crippen LogP contribution in [0.1, 0.15) is 5.56 Å². The second kappa shape index (κ2) is 3.19. The highest BCUT2D eigenvalue weighted by Gasteiger charge is 2.06. The summed E-state index contributed by atoms with van der Waals surface area (Å²) in [6.07, 6.45) is 0. The van der Waals surface area contributed by atoms with Crippen LogP contribution in [0.25, 0.3) is 21.7 Å². The number of thiophene rings is 1. The average molecular weight is 226 g/mol. The molecule has 0 aliphatic heterocycles. The fourth-order valence-electron chi connectivity index (χ4n) is 1.82. The zero-order chi connectivity index (χ0) is 11.1. The first-order valence-electron chi connectivity index (χ1n) is 4.71. The molecular weight excluding hydrogens is 220 g/mol. The zero-order valence-electron chi connectivity index (χ0n) is 8.15. The highest BCUT2D eigenvalue weighted by Crippen LogP contribution is 2.24. The van der Waals surface area contributed by atoms with Gasteiger partial charge in [0.15, 0.2) is 0 Å². The van der Waals surface area contributed by atoms with E-state index in [0.29, 0.717) is 10.9 Å². The molecule has 1 aromatic carbocycles. The SMILES string of the molecule is N#Cc1ccc2c(c1)[nH]c(=O)c1cscc12. The topological polar surface area (TPSA) is 56.6 Å². The zero-order valence-corrected chi connectivity index (χ0v) is 8.97. The lowest BCUT2D eigenvalue weighted by Crippen LogP contribution is -2.04. The summed E-state index contributed by atoms with van der Waals surface area (Å²) in [5.74, 6) is 0. The van der Waals surface area contributed by atoms with Gasteiger partial charge in [-0.25, -0.2) is 0 Å². The number of aromatic nitrogens is 1. The first-order valence-corrected chi connectivity index (χ1v) is 5.66. The number of benzene rings is 1. The molecule has 0 unspecified atom stereocenters. The molecule has 0 aliphatic rings. The van der Waals surface area contributed by atoms with E-state index in [0.717, 1.165) is 16.3 Å². The molecule has 3 nitrogen and oxygen atoms in total. The van der Waals surface area contributed by atoms with Crippen LogP contribution in [-0.2, 0) is 0 Å². The van der Waals surface area contributed by atoms with E-state index in [1.165, 1.54) is 11.3 Å². The fourth-order valence-corrected chi connectivity index (χ4v) is 2.65. The number of hydrogen-bond acceptors (Lipinski definition) is 3. The molecule has 0 spiro atoms. The van der Waals surface area contributed by atoms with Crippen molar-refractivity contribution in [3.63, 3.8) is 0 Å². The molecule has 2 aromatic heterocycles. The monoisotopic (exact) mass is 226 g/mol. The molecule has 0 saturated heterocycles. The van der Waals surface area contributed by atoms with Gasteiger partial charge in [0.2, 0.25) is 0 Å². The normalized spacial score (nSPS) is 10.7. The summed E-state index contributed by atoms with van der Waals surface area (Å²) in [4.78, 5) is 14.5. The van der Waals surface area contributed by atoms with Gasteiger partial charge in [-0.1, -0.05) is 6.07 Å². The molecule has 0 amide bonds. The smallest absolute Gasteiger partial charge is 0.257 e. The third-order valence-electron chi connectivity index (χ3n) is 2.59. The number of aromatic amines is 1. The number of nitriles is 1. The number of hydrogen-bond donors (Lipinski definition) is 1. The highest BCUT2D eigenvalue weighted by molar-refractivity contribution is 7.09. The molecule has 3 rings (SSSR count). The van der Waals surface area contributed by atoms with Crippen LogP contribution in [0.4, 0.5) is 0 Å². The Labute approximate surface area is 94.6 Å². The predicted molar refractivity (Wildman–Crippen MR) is 64.7 cm³/mol. The van der Waals surface area contributed by atoms with Crippen molar-refractivity contribution in [1.29, 1.82) is 5.26 Å². The third kappa shape index (κ3) is 1.16. The lowest BCUT2D eigenvalue weighted by Gasteiger charge is -1.99. The van der Waals surface area contributed by atoms with Crippen molar-refractivity contribution in [2.24, 2.45) is 0 Å². The molecular formula is C12H6N2OS. The van der Waals surface area contributed by atoms with Gasteiger partial charge >= 0.3 is 0 Å². The van der Waals surface area contributed by atoms with Crippen molar-refractivity contribution < 1.29 is 0 Å². The van der Waals surface area contributed by atoms with Gasteiger partial charge in [0, 0.05) is 16.2 Å². The lowest BCUT2D eigenvalue weighted by molar-refractivity contribution is 1.34. The Morgan fingerprint density at radius 1 is 1.19 bits per heavy atom. The minimum atomic E-state index is -0.0983. The van der Waals surface area contributed by atoms with E-state index in [1.807, 2.05) is 16.8 Å². The number of pyridine rings is 1. The van der Waals surface area contributed by atoms with E-state index in [4.69, 9.17) is 5.26 Å². The minimum absolute atomic E-state index is 0.0983. The maximum absolute atomic E-state index is 11.7. The molecule has 0 fully saturated rings. The highest BCUT2D eigenvalue weighted by atomic mass is 32.1. The Morgan fingerprint density at radius 2 is 2.00 bits per heavy atom. The molecule has 0 aliphatic carbocycles. The number of rotatable bonds is 0. The Morgan fingerprint density at radius 3 is 2.81 bits per heavy atom. The molecule has 4 heteroatoms. The van der Waals surface area contributed by atoms with Crippen LogP contribution in [0.5, 0.6) is 0 Å². The second-order valence-electron chi connectivity index (χ2n) is 3.53. The summed E-state index contributed by atoms with van der Waals surface area (Å²) in [5.41, 5.74) is 1.17.